The highest BCUT2D eigenvalue weighted by Gasteiger charge is 2.19. The minimum atomic E-state index is 0.0307. The largest absolute Gasteiger partial charge is 0.265 e. The van der Waals surface area contributed by atoms with Crippen molar-refractivity contribution in [3.8, 4) is 0 Å². The topological polar surface area (TPSA) is 206 Å². The number of pyridine rings is 3. The number of aromatic nitrogens is 16. The average molecular weight is 1490 g/mol. The van der Waals surface area contributed by atoms with Gasteiger partial charge < -0.3 is 0 Å². The van der Waals surface area contributed by atoms with Crippen LogP contribution in [-0.4, -0.2) is 79.7 Å². The third-order valence-corrected chi connectivity index (χ3v) is 12.4. The van der Waals surface area contributed by atoms with Crippen LogP contribution in [0.5, 0.6) is 0 Å². The van der Waals surface area contributed by atoms with Crippen molar-refractivity contribution in [1.29, 1.82) is 0 Å². The Bertz CT molecular complexity index is 2490. The van der Waals surface area contributed by atoms with E-state index in [-0.39, 0.29) is 48.7 Å². The molecule has 9 rings (SSSR count). The highest BCUT2D eigenvalue weighted by Crippen LogP contribution is 2.24. The zero-order valence-corrected chi connectivity index (χ0v) is 77.9. The molecule has 16 heteroatoms. The summed E-state index contributed by atoms with van der Waals surface area (Å²) in [5, 5.41) is 0. The van der Waals surface area contributed by atoms with E-state index in [9.17, 15) is 0 Å². The lowest BCUT2D eigenvalue weighted by molar-refractivity contribution is 0.541. The minimum Gasteiger partial charge on any atom is -0.265 e. The van der Waals surface area contributed by atoms with Crippen molar-refractivity contribution in [3.63, 3.8) is 0 Å². The summed E-state index contributed by atoms with van der Waals surface area (Å²) in [5.41, 5.74) is 9.49. The molecule has 0 spiro atoms. The van der Waals surface area contributed by atoms with E-state index in [0.29, 0.717) is 0 Å². The standard InChI is InChI=1S/3C9H13N.5C8H12N2.C7H11N3.9C2H6/c1-9(2,3)8-4-6-10-7-5-8;1-9(2,3)8-5-4-6-10-7-8;1-9(2,3)8-6-4-5-7-10-8;1-8(2,3)7-4-9-6-10-5-7;1-8(2,3)7-6-9-4-5-10-7;2*1-8(2,3)7-4-5-9-6-10-7;1-8(2,3)7-9-5-4-6-10-7;1-7(2,3)6-9-4-8-5-10-6;9*1-2/h3*4-7H,1-3H3;5*4-6H,1-3H3;4-5H,1-3H3;9*1-2H3. The molecule has 108 heavy (non-hydrogen) atoms. The van der Waals surface area contributed by atoms with E-state index < -0.39 is 0 Å². The van der Waals surface area contributed by atoms with Gasteiger partial charge in [-0.3, -0.25) is 24.9 Å². The monoisotopic (exact) mass is 1490 g/mol. The third kappa shape index (κ3) is 66.1. The molecule has 9 aromatic rings. The van der Waals surface area contributed by atoms with Crippen molar-refractivity contribution in [2.75, 3.05) is 0 Å². The van der Waals surface area contributed by atoms with Crippen LogP contribution in [0.25, 0.3) is 0 Å². The highest BCUT2D eigenvalue weighted by atomic mass is 15.0. The Morgan fingerprint density at radius 2 is 0.491 bits per heavy atom. The molecule has 0 aliphatic heterocycles. The molecule has 0 saturated heterocycles. The molecule has 0 aliphatic carbocycles. The number of hydrogen-bond acceptors (Lipinski definition) is 16. The van der Waals surface area contributed by atoms with Gasteiger partial charge in [-0.25, -0.2) is 54.8 Å². The fourth-order valence-corrected chi connectivity index (χ4v) is 6.62. The molecule has 9 aromatic heterocycles. The second-order valence-electron chi connectivity index (χ2n) is 30.4. The van der Waals surface area contributed by atoms with E-state index in [0.717, 1.165) is 34.4 Å². The fraction of sp³-hybridized carbons (Fsp3) is 0.587. The van der Waals surface area contributed by atoms with Crippen molar-refractivity contribution >= 4 is 0 Å². The van der Waals surface area contributed by atoms with Gasteiger partial charge in [0.05, 0.1) is 5.69 Å². The second kappa shape index (κ2) is 68.2. The molecule has 0 atom stereocenters. The molecule has 0 aliphatic rings. The Hall–Kier alpha value is -8.14. The van der Waals surface area contributed by atoms with Gasteiger partial charge >= 0.3 is 0 Å². The predicted octanol–water partition coefficient (Wildman–Crippen LogP) is 26.4. The second-order valence-corrected chi connectivity index (χ2v) is 30.4. The van der Waals surface area contributed by atoms with Crippen molar-refractivity contribution in [3.05, 3.63) is 230 Å². The summed E-state index contributed by atoms with van der Waals surface area (Å²) in [5.74, 6) is 1.73. The maximum Gasteiger partial charge on any atom is 0.137 e. The van der Waals surface area contributed by atoms with E-state index >= 15 is 0 Å². The Morgan fingerprint density at radius 3 is 0.713 bits per heavy atom. The van der Waals surface area contributed by atoms with E-state index in [2.05, 4.69) is 291 Å². The van der Waals surface area contributed by atoms with Crippen LogP contribution in [0.1, 0.15) is 363 Å². The SMILES string of the molecule is CC.CC.CC.CC.CC.CC.CC.CC.CC.CC(C)(C)c1ccccn1.CC(C)(C)c1cccnc1.CC(C)(C)c1ccncc1.CC(C)(C)c1ccncn1.CC(C)(C)c1ccncn1.CC(C)(C)c1cnccn1.CC(C)(C)c1cncnc1.CC(C)(C)c1ncccn1.CC(C)(C)c1ncncn1. The van der Waals surface area contributed by atoms with Gasteiger partial charge in [0.1, 0.15) is 43.3 Å². The van der Waals surface area contributed by atoms with Crippen LogP contribution in [0.2, 0.25) is 0 Å². The van der Waals surface area contributed by atoms with Crippen molar-refractivity contribution in [2.45, 2.75) is 360 Å². The number of nitrogens with zero attached hydrogens (tertiary/aromatic N) is 16. The summed E-state index contributed by atoms with van der Waals surface area (Å²) in [6.07, 6.45) is 33.0. The summed E-state index contributed by atoms with van der Waals surface area (Å²) < 4.78 is 0. The van der Waals surface area contributed by atoms with Crippen LogP contribution >= 0.6 is 0 Å². The third-order valence-electron chi connectivity index (χ3n) is 12.4. The Kier molecular flexibility index (Phi) is 74.6. The minimum absolute atomic E-state index is 0.0307. The zero-order valence-electron chi connectivity index (χ0n) is 77.9. The smallest absolute Gasteiger partial charge is 0.137 e. The first-order valence-electron chi connectivity index (χ1n) is 39.6. The predicted molar refractivity (Wildman–Crippen MR) is 473 cm³/mol. The van der Waals surface area contributed by atoms with Crippen LogP contribution in [-0.2, 0) is 48.7 Å². The summed E-state index contributed by atoms with van der Waals surface area (Å²) in [4.78, 5) is 64.4. The van der Waals surface area contributed by atoms with Gasteiger partial charge in [0.25, 0.3) is 0 Å². The molecule has 0 aromatic carbocycles. The van der Waals surface area contributed by atoms with Crippen LogP contribution in [0.3, 0.4) is 0 Å². The van der Waals surface area contributed by atoms with Gasteiger partial charge in [-0.05, 0) is 81.5 Å². The average Bonchev–Trinajstić information content (AvgIpc) is 0.972. The summed E-state index contributed by atoms with van der Waals surface area (Å²) in [6.45, 7) is 93.7. The van der Waals surface area contributed by atoms with Gasteiger partial charge in [0.2, 0.25) is 0 Å². The quantitative estimate of drug-likeness (QED) is 0.138. The number of hydrogen-bond donors (Lipinski definition) is 0. The van der Waals surface area contributed by atoms with Crippen LogP contribution in [0, 0.1) is 0 Å². The Balaban J connectivity index is -0.000000142. The van der Waals surface area contributed by atoms with Crippen LogP contribution in [0.15, 0.2) is 179 Å². The normalized spacial score (nSPS) is 10.1. The molecule has 0 amide bonds. The van der Waals surface area contributed by atoms with Gasteiger partial charge in [-0.2, -0.15) is 0 Å². The van der Waals surface area contributed by atoms with Crippen molar-refractivity contribution in [2.24, 2.45) is 0 Å². The van der Waals surface area contributed by atoms with Crippen LogP contribution < -0.4 is 0 Å². The lowest BCUT2D eigenvalue weighted by atomic mass is 9.88. The van der Waals surface area contributed by atoms with Gasteiger partial charge in [-0.1, -0.05) is 324 Å². The molecule has 0 unspecified atom stereocenters. The molecule has 0 bridgehead atoms. The Morgan fingerprint density at radius 1 is 0.167 bits per heavy atom. The molecule has 9 heterocycles. The molecule has 0 fully saturated rings. The molecule has 16 nitrogen and oxygen atoms in total. The maximum absolute atomic E-state index is 4.25. The van der Waals surface area contributed by atoms with Gasteiger partial charge in [0.15, 0.2) is 0 Å². The molecular formula is C92H164N16. The van der Waals surface area contributed by atoms with E-state index in [1.807, 2.05) is 198 Å². The molecule has 0 saturated carbocycles. The lowest BCUT2D eigenvalue weighted by Crippen LogP contribution is -2.15. The summed E-state index contributed by atoms with van der Waals surface area (Å²) in [7, 11) is 0. The first-order valence-corrected chi connectivity index (χ1v) is 39.6. The highest BCUT2D eigenvalue weighted by molar-refractivity contribution is 5.20. The van der Waals surface area contributed by atoms with Gasteiger partial charge in [-0.15, -0.1) is 0 Å². The summed E-state index contributed by atoms with van der Waals surface area (Å²) >= 11 is 0. The molecule has 612 valence electrons. The lowest BCUT2D eigenvalue weighted by Gasteiger charge is -2.17. The summed E-state index contributed by atoms with van der Waals surface area (Å²) in [6, 6.07) is 19.9. The molecule has 0 radical (unpaired) electrons. The zero-order chi connectivity index (χ0) is 86.5. The van der Waals surface area contributed by atoms with E-state index in [1.165, 1.54) is 29.3 Å². The Labute approximate surface area is 666 Å². The fourth-order valence-electron chi connectivity index (χ4n) is 6.62. The maximum atomic E-state index is 4.25. The van der Waals surface area contributed by atoms with Crippen molar-refractivity contribution in [1.82, 2.24) is 79.7 Å². The van der Waals surface area contributed by atoms with Crippen molar-refractivity contribution < 1.29 is 0 Å². The molecular weight excluding hydrogens is 1330 g/mol. The van der Waals surface area contributed by atoms with E-state index in [1.54, 1.807) is 68.6 Å². The first-order chi connectivity index (χ1) is 50.4. The van der Waals surface area contributed by atoms with E-state index in [4.69, 9.17) is 0 Å². The molecule has 0 N–H and O–H groups in total. The number of rotatable bonds is 0. The first kappa shape index (κ1) is 118. The van der Waals surface area contributed by atoms with Crippen LogP contribution in [0.4, 0.5) is 0 Å². The van der Waals surface area contributed by atoms with Gasteiger partial charge in [0, 0.05) is 136 Å².